The summed E-state index contributed by atoms with van der Waals surface area (Å²) in [5.41, 5.74) is 5.17. The number of nitrogens with one attached hydrogen (secondary N) is 2. The number of rotatable bonds is 8. The number of thiophene rings is 1. The van der Waals surface area contributed by atoms with Crippen LogP contribution in [0.5, 0.6) is 0 Å². The van der Waals surface area contributed by atoms with Crippen molar-refractivity contribution in [1.82, 2.24) is 10.6 Å². The summed E-state index contributed by atoms with van der Waals surface area (Å²) in [5.74, 6) is 1.41. The summed E-state index contributed by atoms with van der Waals surface area (Å²) in [6.07, 6.45) is 1.05. The normalized spacial score (nSPS) is 12.8. The van der Waals surface area contributed by atoms with E-state index in [1.54, 1.807) is 23.5 Å². The second-order valence-corrected chi connectivity index (χ2v) is 6.63. The number of furan rings is 1. The minimum Gasteiger partial charge on any atom is -0.454 e. The highest BCUT2D eigenvalue weighted by Crippen LogP contribution is 2.13. The highest BCUT2D eigenvalue weighted by Gasteiger charge is 2.08. The van der Waals surface area contributed by atoms with Crippen LogP contribution < -0.4 is 16.4 Å². The first kappa shape index (κ1) is 18.1. The first-order valence-electron chi connectivity index (χ1n) is 8.01. The first-order valence-corrected chi connectivity index (χ1v) is 8.89. The van der Waals surface area contributed by atoms with Crippen molar-refractivity contribution in [2.75, 3.05) is 13.1 Å². The zero-order valence-electron chi connectivity index (χ0n) is 14.0. The molecule has 2 aromatic rings. The SMILES string of the molecule is CCNC(=NCc1ccc(C(N)=O)o1)NCC(C)Cc1cccs1. The summed E-state index contributed by atoms with van der Waals surface area (Å²) in [6.45, 7) is 6.18. The largest absolute Gasteiger partial charge is 0.454 e. The highest BCUT2D eigenvalue weighted by atomic mass is 32.1. The van der Waals surface area contributed by atoms with Gasteiger partial charge in [0.1, 0.15) is 12.3 Å². The number of hydrogen-bond donors (Lipinski definition) is 3. The Bertz CT molecular complexity index is 664. The van der Waals surface area contributed by atoms with E-state index >= 15 is 0 Å². The van der Waals surface area contributed by atoms with Crippen molar-refractivity contribution < 1.29 is 9.21 Å². The molecule has 0 fully saturated rings. The monoisotopic (exact) mass is 348 g/mol. The molecule has 0 aliphatic carbocycles. The van der Waals surface area contributed by atoms with E-state index in [2.05, 4.69) is 40.1 Å². The number of primary amides is 1. The van der Waals surface area contributed by atoms with Gasteiger partial charge in [0.2, 0.25) is 0 Å². The predicted octanol–water partition coefficient (Wildman–Crippen LogP) is 2.37. The molecule has 0 aliphatic heterocycles. The van der Waals surface area contributed by atoms with Crippen LogP contribution in [0.25, 0.3) is 0 Å². The molecule has 0 bridgehead atoms. The molecule has 1 amide bonds. The molecule has 2 heterocycles. The standard InChI is InChI=1S/C17H24N4O2S/c1-3-19-17(20-10-12(2)9-14-5-4-8-24-14)21-11-13-6-7-15(23-13)16(18)22/h4-8,12H,3,9-11H2,1-2H3,(H2,18,22)(H2,19,20,21). The van der Waals surface area contributed by atoms with E-state index in [-0.39, 0.29) is 5.76 Å². The van der Waals surface area contributed by atoms with Gasteiger partial charge in [-0.25, -0.2) is 4.99 Å². The quantitative estimate of drug-likeness (QED) is 0.504. The van der Waals surface area contributed by atoms with Crippen molar-refractivity contribution >= 4 is 23.2 Å². The van der Waals surface area contributed by atoms with Crippen molar-refractivity contribution in [3.63, 3.8) is 0 Å². The summed E-state index contributed by atoms with van der Waals surface area (Å²) in [6, 6.07) is 7.52. The average molecular weight is 348 g/mol. The maximum absolute atomic E-state index is 11.0. The average Bonchev–Trinajstić information content (AvgIpc) is 3.21. The Morgan fingerprint density at radius 2 is 2.21 bits per heavy atom. The molecule has 0 saturated heterocycles. The molecule has 0 spiro atoms. The van der Waals surface area contributed by atoms with Crippen LogP contribution in [-0.4, -0.2) is 25.0 Å². The van der Waals surface area contributed by atoms with E-state index in [4.69, 9.17) is 10.2 Å². The number of carbonyl (C=O) groups is 1. The molecular formula is C17H24N4O2S. The first-order chi connectivity index (χ1) is 11.6. The number of nitrogens with two attached hydrogens (primary N) is 1. The number of amides is 1. The number of hydrogen-bond acceptors (Lipinski definition) is 4. The molecule has 2 aromatic heterocycles. The van der Waals surface area contributed by atoms with Gasteiger partial charge in [0.05, 0.1) is 0 Å². The molecule has 4 N–H and O–H groups in total. The van der Waals surface area contributed by atoms with Gasteiger partial charge in [-0.15, -0.1) is 11.3 Å². The topological polar surface area (TPSA) is 92.6 Å². The van der Waals surface area contributed by atoms with Crippen LogP contribution in [0, 0.1) is 5.92 Å². The Morgan fingerprint density at radius 1 is 1.38 bits per heavy atom. The lowest BCUT2D eigenvalue weighted by molar-refractivity contribution is 0.0972. The van der Waals surface area contributed by atoms with Crippen LogP contribution in [-0.2, 0) is 13.0 Å². The molecule has 24 heavy (non-hydrogen) atoms. The number of nitrogens with zero attached hydrogens (tertiary/aromatic N) is 1. The molecule has 130 valence electrons. The van der Waals surface area contributed by atoms with Gasteiger partial charge in [-0.2, -0.15) is 0 Å². The van der Waals surface area contributed by atoms with E-state index in [1.807, 2.05) is 6.92 Å². The second kappa shape index (κ2) is 9.12. The van der Waals surface area contributed by atoms with Crippen LogP contribution >= 0.6 is 11.3 Å². The molecule has 6 nitrogen and oxygen atoms in total. The van der Waals surface area contributed by atoms with Crippen LogP contribution in [0.2, 0.25) is 0 Å². The fourth-order valence-corrected chi connectivity index (χ4v) is 3.08. The van der Waals surface area contributed by atoms with E-state index < -0.39 is 5.91 Å². The van der Waals surface area contributed by atoms with E-state index in [0.29, 0.717) is 18.2 Å². The molecule has 0 radical (unpaired) electrons. The van der Waals surface area contributed by atoms with Gasteiger partial charge >= 0.3 is 0 Å². The molecular weight excluding hydrogens is 324 g/mol. The highest BCUT2D eigenvalue weighted by molar-refractivity contribution is 7.09. The van der Waals surface area contributed by atoms with Crippen molar-refractivity contribution in [2.24, 2.45) is 16.6 Å². The van der Waals surface area contributed by atoms with Crippen molar-refractivity contribution in [3.8, 4) is 0 Å². The van der Waals surface area contributed by atoms with E-state index in [9.17, 15) is 4.79 Å². The molecule has 0 aromatic carbocycles. The molecule has 0 saturated carbocycles. The van der Waals surface area contributed by atoms with Crippen LogP contribution in [0.15, 0.2) is 39.1 Å². The van der Waals surface area contributed by atoms with Gasteiger partial charge in [-0.05, 0) is 42.8 Å². The lowest BCUT2D eigenvalue weighted by atomic mass is 10.1. The van der Waals surface area contributed by atoms with Gasteiger partial charge < -0.3 is 20.8 Å². The van der Waals surface area contributed by atoms with Gasteiger partial charge in [0, 0.05) is 18.0 Å². The van der Waals surface area contributed by atoms with Crippen molar-refractivity contribution in [1.29, 1.82) is 0 Å². The maximum atomic E-state index is 11.0. The molecule has 0 aliphatic rings. The lowest BCUT2D eigenvalue weighted by Gasteiger charge is -2.15. The minimum atomic E-state index is -0.572. The third-order valence-corrected chi connectivity index (χ3v) is 4.29. The van der Waals surface area contributed by atoms with E-state index in [1.165, 1.54) is 4.88 Å². The van der Waals surface area contributed by atoms with Crippen LogP contribution in [0.4, 0.5) is 0 Å². The summed E-state index contributed by atoms with van der Waals surface area (Å²) in [5, 5.41) is 8.65. The lowest BCUT2D eigenvalue weighted by Crippen LogP contribution is -2.39. The molecule has 7 heteroatoms. The van der Waals surface area contributed by atoms with Crippen LogP contribution in [0.3, 0.4) is 0 Å². The number of guanidine groups is 1. The third kappa shape index (κ3) is 5.73. The van der Waals surface area contributed by atoms with Crippen molar-refractivity contribution in [2.45, 2.75) is 26.8 Å². The van der Waals surface area contributed by atoms with Crippen molar-refractivity contribution in [3.05, 3.63) is 46.0 Å². The Labute approximate surface area is 146 Å². The smallest absolute Gasteiger partial charge is 0.284 e. The Hall–Kier alpha value is -2.28. The molecule has 1 unspecified atom stereocenters. The Balaban J connectivity index is 1.86. The minimum absolute atomic E-state index is 0.155. The van der Waals surface area contributed by atoms with Gasteiger partial charge in [0.15, 0.2) is 11.7 Å². The zero-order chi connectivity index (χ0) is 17.4. The summed E-state index contributed by atoms with van der Waals surface area (Å²) in [7, 11) is 0. The fraction of sp³-hybridized carbons (Fsp3) is 0.412. The Morgan fingerprint density at radius 3 is 2.83 bits per heavy atom. The summed E-state index contributed by atoms with van der Waals surface area (Å²) >= 11 is 1.78. The third-order valence-electron chi connectivity index (χ3n) is 3.39. The Kier molecular flexibility index (Phi) is 6.87. The fourth-order valence-electron chi connectivity index (χ4n) is 2.21. The maximum Gasteiger partial charge on any atom is 0.284 e. The van der Waals surface area contributed by atoms with E-state index in [0.717, 1.165) is 25.5 Å². The summed E-state index contributed by atoms with van der Waals surface area (Å²) < 4.78 is 5.33. The summed E-state index contributed by atoms with van der Waals surface area (Å²) in [4.78, 5) is 16.9. The molecule has 2 rings (SSSR count). The van der Waals surface area contributed by atoms with Gasteiger partial charge in [0.25, 0.3) is 5.91 Å². The van der Waals surface area contributed by atoms with Crippen LogP contribution in [0.1, 0.15) is 35.0 Å². The number of carbonyl (C=O) groups excluding carboxylic acids is 1. The number of aliphatic imine (C=N–C) groups is 1. The zero-order valence-corrected chi connectivity index (χ0v) is 14.9. The van der Waals surface area contributed by atoms with Gasteiger partial charge in [-0.1, -0.05) is 13.0 Å². The molecule has 1 atom stereocenters. The second-order valence-electron chi connectivity index (χ2n) is 5.59. The van der Waals surface area contributed by atoms with Gasteiger partial charge in [-0.3, -0.25) is 4.79 Å². The predicted molar refractivity (Wildman–Crippen MR) is 97.2 cm³/mol.